The zero-order valence-corrected chi connectivity index (χ0v) is 27.4. The van der Waals surface area contributed by atoms with Crippen molar-refractivity contribution in [2.45, 2.75) is 100.0 Å². The number of aromatic nitrogens is 1. The Bertz CT molecular complexity index is 1890. The molecule has 2 saturated carbocycles. The predicted molar refractivity (Wildman–Crippen MR) is 175 cm³/mol. The van der Waals surface area contributed by atoms with Gasteiger partial charge in [-0.1, -0.05) is 49.2 Å². The van der Waals surface area contributed by atoms with E-state index < -0.39 is 87.6 Å². The van der Waals surface area contributed by atoms with Crippen LogP contribution in [0.15, 0.2) is 48.5 Å². The molecule has 2 aliphatic carbocycles. The molecular formula is C35H40F2N4O6S. The minimum Gasteiger partial charge on any atom is -0.472 e. The van der Waals surface area contributed by atoms with Crippen LogP contribution in [-0.2, 0) is 24.4 Å². The summed E-state index contributed by atoms with van der Waals surface area (Å²) >= 11 is 0. The van der Waals surface area contributed by atoms with E-state index >= 15 is 8.78 Å². The average Bonchev–Trinajstić information content (AvgIpc) is 3.97. The van der Waals surface area contributed by atoms with Crippen LogP contribution >= 0.6 is 0 Å². The molecule has 4 fully saturated rings. The van der Waals surface area contributed by atoms with E-state index in [1.165, 1.54) is 4.90 Å². The van der Waals surface area contributed by atoms with Gasteiger partial charge in [-0.15, -0.1) is 0 Å². The number of ketones is 1. The Morgan fingerprint density at radius 1 is 0.958 bits per heavy atom. The second-order valence-electron chi connectivity index (χ2n) is 14.1. The van der Waals surface area contributed by atoms with Crippen molar-refractivity contribution in [2.75, 3.05) is 6.54 Å². The highest BCUT2D eigenvalue weighted by atomic mass is 32.2. The largest absolute Gasteiger partial charge is 0.472 e. The molecule has 2 aromatic carbocycles. The number of halogens is 2. The van der Waals surface area contributed by atoms with Crippen LogP contribution in [0.5, 0.6) is 5.88 Å². The summed E-state index contributed by atoms with van der Waals surface area (Å²) in [6.45, 7) is 0.0442. The van der Waals surface area contributed by atoms with Gasteiger partial charge in [-0.05, 0) is 55.5 Å². The molecule has 48 heavy (non-hydrogen) atoms. The van der Waals surface area contributed by atoms with Crippen molar-refractivity contribution in [3.63, 3.8) is 0 Å². The third-order valence-corrected chi connectivity index (χ3v) is 12.4. The molecule has 2 aliphatic heterocycles. The molecule has 3 heterocycles. The minimum atomic E-state index is -3.98. The monoisotopic (exact) mass is 682 g/mol. The molecule has 1 aromatic heterocycles. The Kier molecular flexibility index (Phi) is 8.42. The summed E-state index contributed by atoms with van der Waals surface area (Å²) in [4.78, 5) is 47.7. The number of rotatable bonds is 5. The lowest BCUT2D eigenvalue weighted by Gasteiger charge is -2.27. The van der Waals surface area contributed by atoms with E-state index in [2.05, 4.69) is 4.72 Å². The standard InChI is InChI=1S/C35H40F2N4O6S/c36-35(37)15-7-1-2-11-27(38)32(43)41-20-22(47-31-26-10-4-3-8-24(26)25-9-5-6-12-28(25)39-31)16-29(41)30(42)19-34(17-21(34)18-35)33(44)40-48(45,46)23-13-14-23/h3-6,8-10,12,21-23,27,29H,1-2,7,11,13-20,38H2,(H,40,44)/t21-,22+,27-,29-,34+/m0/s1. The molecule has 2 amide bonds. The number of amides is 2. The molecule has 3 aromatic rings. The Balaban J connectivity index is 1.19. The number of hydrogen-bond donors (Lipinski definition) is 2. The summed E-state index contributed by atoms with van der Waals surface area (Å²) in [7, 11) is -3.98. The fourth-order valence-electron chi connectivity index (χ4n) is 7.62. The van der Waals surface area contributed by atoms with Crippen molar-refractivity contribution >= 4 is 49.3 Å². The normalized spacial score (nSPS) is 29.9. The lowest BCUT2D eigenvalue weighted by molar-refractivity contribution is -0.140. The molecule has 4 aliphatic rings. The molecule has 10 nitrogen and oxygen atoms in total. The maximum atomic E-state index is 15.1. The highest BCUT2D eigenvalue weighted by Gasteiger charge is 2.64. The van der Waals surface area contributed by atoms with Gasteiger partial charge in [-0.2, -0.15) is 0 Å². The van der Waals surface area contributed by atoms with Gasteiger partial charge in [0.15, 0.2) is 5.78 Å². The SMILES string of the molecule is N[C@H]1CCCCCC(F)(F)C[C@@H]2C[C@@]2(C(=O)NS(=O)(=O)C2CC2)CC(=O)[C@@H]2C[C@@H](Oc3nc4ccccc4c4ccccc34)CN2C1=O. The van der Waals surface area contributed by atoms with Crippen LogP contribution in [0.25, 0.3) is 21.7 Å². The van der Waals surface area contributed by atoms with Gasteiger partial charge in [0.05, 0.1) is 34.8 Å². The summed E-state index contributed by atoms with van der Waals surface area (Å²) < 4.78 is 64.2. The quantitative estimate of drug-likeness (QED) is 0.371. The fraction of sp³-hybridized carbons (Fsp3) is 0.543. The molecule has 0 bridgehead atoms. The van der Waals surface area contributed by atoms with Crippen molar-refractivity contribution in [3.8, 4) is 5.88 Å². The van der Waals surface area contributed by atoms with E-state index in [1.807, 2.05) is 48.5 Å². The summed E-state index contributed by atoms with van der Waals surface area (Å²) in [6.07, 6.45) is 0.155. The lowest BCUT2D eigenvalue weighted by atomic mass is 9.89. The first-order chi connectivity index (χ1) is 22.9. The molecule has 0 unspecified atom stereocenters. The summed E-state index contributed by atoms with van der Waals surface area (Å²) in [6, 6.07) is 13.3. The van der Waals surface area contributed by atoms with Crippen LogP contribution in [0.2, 0.25) is 0 Å². The predicted octanol–water partition coefficient (Wildman–Crippen LogP) is 4.63. The maximum absolute atomic E-state index is 15.1. The highest BCUT2D eigenvalue weighted by Crippen LogP contribution is 2.60. The number of nitrogens with zero attached hydrogens (tertiary/aromatic N) is 2. The number of para-hydroxylation sites is 1. The number of ether oxygens (including phenoxy) is 1. The van der Waals surface area contributed by atoms with Crippen LogP contribution in [0, 0.1) is 11.3 Å². The van der Waals surface area contributed by atoms with Crippen molar-refractivity contribution in [2.24, 2.45) is 17.1 Å². The molecule has 2 saturated heterocycles. The Morgan fingerprint density at radius 3 is 2.42 bits per heavy atom. The van der Waals surface area contributed by atoms with Crippen molar-refractivity contribution in [3.05, 3.63) is 48.5 Å². The van der Waals surface area contributed by atoms with Crippen molar-refractivity contribution < 1.29 is 36.3 Å². The van der Waals surface area contributed by atoms with Crippen molar-refractivity contribution in [1.82, 2.24) is 14.6 Å². The lowest BCUT2D eigenvalue weighted by Crippen LogP contribution is -2.49. The third-order valence-electron chi connectivity index (χ3n) is 10.6. The van der Waals surface area contributed by atoms with Crippen molar-refractivity contribution in [1.29, 1.82) is 0 Å². The van der Waals surface area contributed by atoms with Gasteiger partial charge in [-0.3, -0.25) is 19.1 Å². The molecule has 0 spiro atoms. The van der Waals surface area contributed by atoms with E-state index in [-0.39, 0.29) is 32.2 Å². The van der Waals surface area contributed by atoms with Crippen LogP contribution in [-0.4, -0.2) is 71.8 Å². The summed E-state index contributed by atoms with van der Waals surface area (Å²) in [5, 5.41) is 1.96. The zero-order valence-electron chi connectivity index (χ0n) is 26.6. The van der Waals surface area contributed by atoms with Crippen LogP contribution in [0.3, 0.4) is 0 Å². The number of carbonyl (C=O) groups excluding carboxylic acids is 3. The van der Waals surface area contributed by atoms with Crippen LogP contribution in [0.1, 0.15) is 70.6 Å². The topological polar surface area (TPSA) is 149 Å². The highest BCUT2D eigenvalue weighted by molar-refractivity contribution is 7.90. The number of carbonyl (C=O) groups is 3. The van der Waals surface area contributed by atoms with Gasteiger partial charge >= 0.3 is 0 Å². The Morgan fingerprint density at radius 2 is 1.67 bits per heavy atom. The molecule has 5 atom stereocenters. The van der Waals surface area contributed by atoms with Gasteiger partial charge in [-0.25, -0.2) is 22.2 Å². The number of pyridine rings is 1. The second kappa shape index (κ2) is 12.3. The zero-order chi connectivity index (χ0) is 33.8. The summed E-state index contributed by atoms with van der Waals surface area (Å²) in [5.41, 5.74) is 5.45. The first-order valence-electron chi connectivity index (χ1n) is 16.8. The second-order valence-corrected chi connectivity index (χ2v) is 16.1. The van der Waals surface area contributed by atoms with E-state index in [0.717, 1.165) is 21.7 Å². The van der Waals surface area contributed by atoms with Crippen LogP contribution in [0.4, 0.5) is 8.78 Å². The van der Waals surface area contributed by atoms with Crippen LogP contribution < -0.4 is 15.2 Å². The first-order valence-corrected chi connectivity index (χ1v) is 18.4. The molecule has 3 N–H and O–H groups in total. The molecular weight excluding hydrogens is 642 g/mol. The number of fused-ring (bicyclic) bond motifs is 5. The van der Waals surface area contributed by atoms with Gasteiger partial charge in [0.25, 0.3) is 0 Å². The van der Waals surface area contributed by atoms with Gasteiger partial charge < -0.3 is 15.4 Å². The van der Waals surface area contributed by atoms with E-state index in [0.29, 0.717) is 31.6 Å². The van der Waals surface area contributed by atoms with E-state index in [1.54, 1.807) is 0 Å². The van der Waals surface area contributed by atoms with Gasteiger partial charge in [0.1, 0.15) is 6.10 Å². The number of Topliss-reactive ketones (excluding diaryl/α,β-unsaturated/α-hetero) is 1. The number of hydrogen-bond acceptors (Lipinski definition) is 8. The van der Waals surface area contributed by atoms with E-state index in [9.17, 15) is 22.8 Å². The van der Waals surface area contributed by atoms with E-state index in [4.69, 9.17) is 15.5 Å². The number of benzene rings is 2. The Hall–Kier alpha value is -3.71. The molecule has 0 radical (unpaired) electrons. The number of nitrogens with two attached hydrogens (primary N) is 1. The minimum absolute atomic E-state index is 0.0343. The third kappa shape index (κ3) is 6.38. The number of nitrogens with one attached hydrogen (secondary N) is 1. The van der Waals surface area contributed by atoms with Gasteiger partial charge in [0, 0.05) is 36.5 Å². The first kappa shape index (κ1) is 32.8. The smallest absolute Gasteiger partial charge is 0.248 e. The summed E-state index contributed by atoms with van der Waals surface area (Å²) in [5.74, 6) is -5.47. The van der Waals surface area contributed by atoms with Gasteiger partial charge in [0.2, 0.25) is 33.6 Å². The number of sulfonamides is 1. The Labute approximate surface area is 277 Å². The molecule has 13 heteroatoms. The molecule has 7 rings (SSSR count). The fourth-order valence-corrected chi connectivity index (χ4v) is 9.01. The maximum Gasteiger partial charge on any atom is 0.248 e. The average molecular weight is 683 g/mol. The molecule has 256 valence electrons. The number of alkyl halides is 2.